The van der Waals surface area contributed by atoms with E-state index in [2.05, 4.69) is 4.98 Å². The SMILES string of the molecule is C[C@H](N)c1ccnc(Oc2ccc(F)cc2)c1. The van der Waals surface area contributed by atoms with Crippen LogP contribution < -0.4 is 10.5 Å². The number of nitrogens with zero attached hydrogens (tertiary/aromatic N) is 1. The van der Waals surface area contributed by atoms with Gasteiger partial charge in [-0.1, -0.05) is 0 Å². The molecule has 0 bridgehead atoms. The number of hydrogen-bond donors (Lipinski definition) is 1. The molecule has 0 aliphatic heterocycles. The first-order valence-electron chi connectivity index (χ1n) is 5.30. The van der Waals surface area contributed by atoms with E-state index in [1.807, 2.05) is 13.0 Å². The Hall–Kier alpha value is -1.94. The predicted molar refractivity (Wildman–Crippen MR) is 63.3 cm³/mol. The second-order valence-electron chi connectivity index (χ2n) is 3.77. The summed E-state index contributed by atoms with van der Waals surface area (Å²) in [6.45, 7) is 1.89. The highest BCUT2D eigenvalue weighted by Crippen LogP contribution is 2.21. The van der Waals surface area contributed by atoms with Crippen molar-refractivity contribution in [2.45, 2.75) is 13.0 Å². The number of halogens is 1. The number of pyridine rings is 1. The number of ether oxygens (including phenoxy) is 1. The topological polar surface area (TPSA) is 48.1 Å². The lowest BCUT2D eigenvalue weighted by Gasteiger charge is -2.08. The van der Waals surface area contributed by atoms with Gasteiger partial charge >= 0.3 is 0 Å². The Morgan fingerprint density at radius 1 is 1.24 bits per heavy atom. The van der Waals surface area contributed by atoms with Gasteiger partial charge < -0.3 is 10.5 Å². The van der Waals surface area contributed by atoms with E-state index in [1.54, 1.807) is 24.4 Å². The number of aromatic nitrogens is 1. The molecule has 2 aromatic rings. The molecule has 1 aromatic heterocycles. The zero-order chi connectivity index (χ0) is 12.3. The van der Waals surface area contributed by atoms with Gasteiger partial charge in [-0.05, 0) is 42.8 Å². The summed E-state index contributed by atoms with van der Waals surface area (Å²) < 4.78 is 18.2. The minimum absolute atomic E-state index is 0.0754. The fourth-order valence-electron chi connectivity index (χ4n) is 1.39. The number of benzene rings is 1. The molecule has 0 saturated heterocycles. The van der Waals surface area contributed by atoms with Gasteiger partial charge in [0.15, 0.2) is 0 Å². The second kappa shape index (κ2) is 4.93. The molecule has 0 unspecified atom stereocenters. The van der Waals surface area contributed by atoms with Crippen LogP contribution in [0.25, 0.3) is 0 Å². The molecular weight excluding hydrogens is 219 g/mol. The van der Waals surface area contributed by atoms with Crippen molar-refractivity contribution in [3.63, 3.8) is 0 Å². The van der Waals surface area contributed by atoms with E-state index in [1.165, 1.54) is 12.1 Å². The standard InChI is InChI=1S/C13H13FN2O/c1-9(15)10-6-7-16-13(8-10)17-12-4-2-11(14)3-5-12/h2-9H,15H2,1H3/t9-/m0/s1. The van der Waals surface area contributed by atoms with Gasteiger partial charge in [0.2, 0.25) is 5.88 Å². The van der Waals surface area contributed by atoms with E-state index in [0.29, 0.717) is 11.6 Å². The van der Waals surface area contributed by atoms with Gasteiger partial charge in [-0.2, -0.15) is 0 Å². The normalized spacial score (nSPS) is 12.2. The fourth-order valence-corrected chi connectivity index (χ4v) is 1.39. The van der Waals surface area contributed by atoms with Crippen molar-refractivity contribution >= 4 is 0 Å². The third-order valence-electron chi connectivity index (χ3n) is 2.32. The molecule has 0 aliphatic carbocycles. The molecule has 2 rings (SSSR count). The summed E-state index contributed by atoms with van der Waals surface area (Å²) in [5.41, 5.74) is 6.70. The second-order valence-corrected chi connectivity index (χ2v) is 3.77. The predicted octanol–water partition coefficient (Wildman–Crippen LogP) is 3.03. The fraction of sp³-hybridized carbons (Fsp3) is 0.154. The van der Waals surface area contributed by atoms with Crippen LogP contribution in [0.15, 0.2) is 42.6 Å². The average Bonchev–Trinajstić information content (AvgIpc) is 2.32. The monoisotopic (exact) mass is 232 g/mol. The highest BCUT2D eigenvalue weighted by atomic mass is 19.1. The van der Waals surface area contributed by atoms with Gasteiger partial charge in [0.05, 0.1) is 0 Å². The molecule has 2 N–H and O–H groups in total. The third kappa shape index (κ3) is 3.01. The van der Waals surface area contributed by atoms with Crippen LogP contribution in [0.1, 0.15) is 18.5 Å². The van der Waals surface area contributed by atoms with Crippen molar-refractivity contribution in [2.75, 3.05) is 0 Å². The quantitative estimate of drug-likeness (QED) is 0.884. The van der Waals surface area contributed by atoms with Crippen LogP contribution in [-0.2, 0) is 0 Å². The maximum atomic E-state index is 12.7. The summed E-state index contributed by atoms with van der Waals surface area (Å²) >= 11 is 0. The van der Waals surface area contributed by atoms with Crippen LogP contribution in [0.4, 0.5) is 4.39 Å². The Balaban J connectivity index is 2.18. The summed E-state index contributed by atoms with van der Waals surface area (Å²) in [6.07, 6.45) is 1.64. The highest BCUT2D eigenvalue weighted by molar-refractivity contribution is 5.29. The summed E-state index contributed by atoms with van der Waals surface area (Å²) in [5, 5.41) is 0. The molecule has 3 nitrogen and oxygen atoms in total. The first kappa shape index (κ1) is 11.5. The van der Waals surface area contributed by atoms with Crippen LogP contribution in [-0.4, -0.2) is 4.98 Å². The number of rotatable bonds is 3. The molecule has 1 heterocycles. The first-order chi connectivity index (χ1) is 8.15. The van der Waals surface area contributed by atoms with Crippen LogP contribution in [0, 0.1) is 5.82 Å². The van der Waals surface area contributed by atoms with E-state index in [-0.39, 0.29) is 11.9 Å². The van der Waals surface area contributed by atoms with Crippen molar-refractivity contribution in [2.24, 2.45) is 5.73 Å². The molecule has 4 heteroatoms. The van der Waals surface area contributed by atoms with Crippen LogP contribution >= 0.6 is 0 Å². The van der Waals surface area contributed by atoms with Crippen molar-refractivity contribution in [3.05, 3.63) is 54.0 Å². The van der Waals surface area contributed by atoms with E-state index in [4.69, 9.17) is 10.5 Å². The molecule has 1 aromatic carbocycles. The summed E-state index contributed by atoms with van der Waals surface area (Å²) in [5.74, 6) is 0.696. The van der Waals surface area contributed by atoms with E-state index >= 15 is 0 Å². The van der Waals surface area contributed by atoms with Gasteiger partial charge in [-0.15, -0.1) is 0 Å². The Bertz CT molecular complexity index is 497. The highest BCUT2D eigenvalue weighted by Gasteiger charge is 2.03. The molecule has 0 spiro atoms. The molecule has 1 atom stereocenters. The lowest BCUT2D eigenvalue weighted by molar-refractivity contribution is 0.460. The van der Waals surface area contributed by atoms with Crippen molar-refractivity contribution in [1.29, 1.82) is 0 Å². The Kier molecular flexibility index (Phi) is 3.35. The minimum atomic E-state index is -0.297. The van der Waals surface area contributed by atoms with Crippen LogP contribution in [0.5, 0.6) is 11.6 Å². The number of hydrogen-bond acceptors (Lipinski definition) is 3. The smallest absolute Gasteiger partial charge is 0.219 e. The lowest BCUT2D eigenvalue weighted by Crippen LogP contribution is -2.05. The number of nitrogens with two attached hydrogens (primary N) is 1. The van der Waals surface area contributed by atoms with Crippen molar-refractivity contribution in [3.8, 4) is 11.6 Å². The molecule has 0 amide bonds. The first-order valence-corrected chi connectivity index (χ1v) is 5.30. The van der Waals surface area contributed by atoms with E-state index < -0.39 is 0 Å². The molecule has 0 radical (unpaired) electrons. The average molecular weight is 232 g/mol. The van der Waals surface area contributed by atoms with Gasteiger partial charge in [0.1, 0.15) is 11.6 Å². The third-order valence-corrected chi connectivity index (χ3v) is 2.32. The van der Waals surface area contributed by atoms with Gasteiger partial charge in [0, 0.05) is 18.3 Å². The largest absolute Gasteiger partial charge is 0.439 e. The van der Waals surface area contributed by atoms with Gasteiger partial charge in [0.25, 0.3) is 0 Å². The van der Waals surface area contributed by atoms with E-state index in [0.717, 1.165) is 5.56 Å². The zero-order valence-corrected chi connectivity index (χ0v) is 9.43. The van der Waals surface area contributed by atoms with Gasteiger partial charge in [-0.25, -0.2) is 9.37 Å². The zero-order valence-electron chi connectivity index (χ0n) is 9.43. The molecule has 17 heavy (non-hydrogen) atoms. The van der Waals surface area contributed by atoms with Gasteiger partial charge in [-0.3, -0.25) is 0 Å². The van der Waals surface area contributed by atoms with Crippen molar-refractivity contribution < 1.29 is 9.13 Å². The summed E-state index contributed by atoms with van der Waals surface area (Å²) in [4.78, 5) is 4.07. The lowest BCUT2D eigenvalue weighted by atomic mass is 10.1. The van der Waals surface area contributed by atoms with E-state index in [9.17, 15) is 4.39 Å². The van der Waals surface area contributed by atoms with Crippen LogP contribution in [0.2, 0.25) is 0 Å². The maximum absolute atomic E-state index is 12.7. The molecule has 0 aliphatic rings. The summed E-state index contributed by atoms with van der Waals surface area (Å²) in [7, 11) is 0. The Morgan fingerprint density at radius 3 is 2.59 bits per heavy atom. The van der Waals surface area contributed by atoms with Crippen LogP contribution in [0.3, 0.4) is 0 Å². The van der Waals surface area contributed by atoms with Crippen molar-refractivity contribution in [1.82, 2.24) is 4.98 Å². The molecule has 0 saturated carbocycles. The molecular formula is C13H13FN2O. The Labute approximate surface area is 99.1 Å². The minimum Gasteiger partial charge on any atom is -0.439 e. The molecule has 88 valence electrons. The summed E-state index contributed by atoms with van der Waals surface area (Å²) in [6, 6.07) is 9.31. The Morgan fingerprint density at radius 2 is 1.94 bits per heavy atom. The molecule has 0 fully saturated rings. The maximum Gasteiger partial charge on any atom is 0.219 e.